The number of fused-ring (bicyclic) bond motifs is 5. The Morgan fingerprint density at radius 1 is 1.00 bits per heavy atom. The molecule has 2 aliphatic carbocycles. The van der Waals surface area contributed by atoms with Crippen molar-refractivity contribution in [3.05, 3.63) is 0 Å². The fourth-order valence-corrected chi connectivity index (χ4v) is 2.98. The van der Waals surface area contributed by atoms with Crippen LogP contribution in [0.25, 0.3) is 0 Å². The molecule has 0 aromatic heterocycles. The van der Waals surface area contributed by atoms with E-state index in [1.165, 1.54) is 0 Å². The molecule has 3 aliphatic rings. The molecule has 7 heteroatoms. The van der Waals surface area contributed by atoms with Crippen molar-refractivity contribution in [2.24, 2.45) is 11.8 Å². The Balaban J connectivity index is 2.09. The van der Waals surface area contributed by atoms with Gasteiger partial charge in [-0.1, -0.05) is 0 Å². The fraction of sp³-hybridized carbons (Fsp3) is 1.00. The van der Waals surface area contributed by atoms with Gasteiger partial charge in [0.1, 0.15) is 0 Å². The summed E-state index contributed by atoms with van der Waals surface area (Å²) in [5, 5.41) is 0. The minimum absolute atomic E-state index is 0.432. The van der Waals surface area contributed by atoms with Gasteiger partial charge in [0, 0.05) is 5.92 Å². The summed E-state index contributed by atoms with van der Waals surface area (Å²) < 4.78 is 82.0. The van der Waals surface area contributed by atoms with Crippen molar-refractivity contribution < 1.29 is 31.1 Å². The van der Waals surface area contributed by atoms with Crippen LogP contribution in [0.2, 0.25) is 0 Å². The molecule has 15 heavy (non-hydrogen) atoms. The molecule has 0 radical (unpaired) electrons. The van der Waals surface area contributed by atoms with Gasteiger partial charge in [-0.3, -0.25) is 0 Å². The molecule has 2 bridgehead atoms. The van der Waals surface area contributed by atoms with Crippen LogP contribution in [-0.2, 0) is 4.74 Å². The molecule has 1 saturated heterocycles. The van der Waals surface area contributed by atoms with Gasteiger partial charge in [-0.15, -0.1) is 0 Å². The average molecular weight is 232 g/mol. The molecule has 0 spiro atoms. The minimum Gasteiger partial charge on any atom is -0.369 e. The molecule has 1 aliphatic heterocycles. The SMILES string of the molecule is FC(F)(F)C1(F)C2CC(C3OC32)C1(F)F. The third-order valence-electron chi connectivity index (χ3n) is 3.74. The Bertz CT molecular complexity index is 326. The van der Waals surface area contributed by atoms with E-state index in [0.29, 0.717) is 0 Å². The van der Waals surface area contributed by atoms with Crippen LogP contribution in [0.15, 0.2) is 0 Å². The minimum atomic E-state index is -5.53. The second kappa shape index (κ2) is 2.14. The van der Waals surface area contributed by atoms with Crippen molar-refractivity contribution in [2.75, 3.05) is 0 Å². The summed E-state index contributed by atoms with van der Waals surface area (Å²) >= 11 is 0. The highest BCUT2D eigenvalue weighted by atomic mass is 19.4. The molecule has 5 unspecified atom stereocenters. The first-order chi connectivity index (χ1) is 6.71. The number of hydrogen-bond donors (Lipinski definition) is 0. The van der Waals surface area contributed by atoms with Gasteiger partial charge in [0.05, 0.1) is 18.1 Å². The maximum absolute atomic E-state index is 13.6. The maximum atomic E-state index is 13.6. The molecule has 3 rings (SSSR count). The van der Waals surface area contributed by atoms with Gasteiger partial charge in [0.25, 0.3) is 11.6 Å². The quantitative estimate of drug-likeness (QED) is 0.461. The fourth-order valence-electron chi connectivity index (χ4n) is 2.98. The summed E-state index contributed by atoms with van der Waals surface area (Å²) in [7, 11) is 0. The van der Waals surface area contributed by atoms with Crippen LogP contribution in [0.1, 0.15) is 6.42 Å². The van der Waals surface area contributed by atoms with E-state index in [9.17, 15) is 26.3 Å². The third kappa shape index (κ3) is 0.798. The number of ether oxygens (including phenoxy) is 1. The Morgan fingerprint density at radius 2 is 1.53 bits per heavy atom. The first kappa shape index (κ1) is 9.74. The monoisotopic (exact) mass is 232 g/mol. The largest absolute Gasteiger partial charge is 0.428 e. The Hall–Kier alpha value is -0.460. The normalized spacial score (nSPS) is 55.6. The molecule has 1 nitrogen and oxygen atoms in total. The van der Waals surface area contributed by atoms with Crippen LogP contribution < -0.4 is 0 Å². The van der Waals surface area contributed by atoms with E-state index >= 15 is 0 Å². The zero-order chi connectivity index (χ0) is 11.2. The predicted octanol–water partition coefficient (Wildman–Crippen LogP) is 2.31. The van der Waals surface area contributed by atoms with Crippen LogP contribution in [0, 0.1) is 11.8 Å². The van der Waals surface area contributed by atoms with E-state index in [0.717, 1.165) is 0 Å². The lowest BCUT2D eigenvalue weighted by molar-refractivity contribution is -0.314. The molecule has 5 atom stereocenters. The van der Waals surface area contributed by atoms with Crippen molar-refractivity contribution in [3.63, 3.8) is 0 Å². The predicted molar refractivity (Wildman–Crippen MR) is 35.1 cm³/mol. The van der Waals surface area contributed by atoms with Gasteiger partial charge in [-0.05, 0) is 6.42 Å². The summed E-state index contributed by atoms with van der Waals surface area (Å²) in [5.41, 5.74) is -4.40. The van der Waals surface area contributed by atoms with Gasteiger partial charge in [-0.25, -0.2) is 13.2 Å². The van der Waals surface area contributed by atoms with Gasteiger partial charge in [0.2, 0.25) is 0 Å². The zero-order valence-electron chi connectivity index (χ0n) is 7.19. The number of epoxide rings is 1. The highest BCUT2D eigenvalue weighted by Crippen LogP contribution is 2.71. The number of halogens is 6. The van der Waals surface area contributed by atoms with Gasteiger partial charge < -0.3 is 4.74 Å². The Labute approximate surface area is 80.4 Å². The maximum Gasteiger partial charge on any atom is 0.428 e. The van der Waals surface area contributed by atoms with E-state index in [-0.39, 0.29) is 0 Å². The Morgan fingerprint density at radius 3 is 2.00 bits per heavy atom. The standard InChI is InChI=1S/C8H6F6O/c9-6(8(12,13)14)2-1-3(7(6,10)11)5-4(2)15-5/h2-5H,1H2. The van der Waals surface area contributed by atoms with E-state index < -0.39 is 48.2 Å². The molecule has 0 aromatic rings. The second-order valence-corrected chi connectivity index (χ2v) is 4.35. The van der Waals surface area contributed by atoms with Crippen LogP contribution >= 0.6 is 0 Å². The molecule has 86 valence electrons. The summed E-state index contributed by atoms with van der Waals surface area (Å²) in [4.78, 5) is 0. The molecule has 0 N–H and O–H groups in total. The van der Waals surface area contributed by atoms with E-state index in [1.807, 2.05) is 0 Å². The van der Waals surface area contributed by atoms with Crippen LogP contribution in [-0.4, -0.2) is 30.0 Å². The first-order valence-corrected chi connectivity index (χ1v) is 4.50. The van der Waals surface area contributed by atoms with Crippen LogP contribution in [0.3, 0.4) is 0 Å². The molecule has 0 aromatic carbocycles. The summed E-state index contributed by atoms with van der Waals surface area (Å²) in [6, 6.07) is 0. The summed E-state index contributed by atoms with van der Waals surface area (Å²) in [5.74, 6) is -7.70. The van der Waals surface area contributed by atoms with Crippen molar-refractivity contribution in [3.8, 4) is 0 Å². The summed E-state index contributed by atoms with van der Waals surface area (Å²) in [6.07, 6.45) is -7.79. The zero-order valence-corrected chi connectivity index (χ0v) is 7.19. The Kier molecular flexibility index (Phi) is 1.39. The molecule has 2 saturated carbocycles. The number of hydrogen-bond acceptors (Lipinski definition) is 1. The van der Waals surface area contributed by atoms with Crippen molar-refractivity contribution >= 4 is 0 Å². The number of rotatable bonds is 0. The van der Waals surface area contributed by atoms with Crippen LogP contribution in [0.4, 0.5) is 26.3 Å². The van der Waals surface area contributed by atoms with E-state index in [2.05, 4.69) is 4.74 Å². The first-order valence-electron chi connectivity index (χ1n) is 4.50. The molecule has 1 heterocycles. The molecular formula is C8H6F6O. The van der Waals surface area contributed by atoms with Crippen molar-refractivity contribution in [1.29, 1.82) is 0 Å². The topological polar surface area (TPSA) is 12.5 Å². The van der Waals surface area contributed by atoms with Crippen molar-refractivity contribution in [1.82, 2.24) is 0 Å². The second-order valence-electron chi connectivity index (χ2n) is 4.35. The lowest BCUT2D eigenvalue weighted by Crippen LogP contribution is -2.60. The summed E-state index contributed by atoms with van der Waals surface area (Å²) in [6.45, 7) is 0. The molecule has 3 fully saturated rings. The number of alkyl halides is 6. The van der Waals surface area contributed by atoms with Crippen molar-refractivity contribution in [2.45, 2.75) is 36.4 Å². The lowest BCUT2D eigenvalue weighted by atomic mass is 9.82. The van der Waals surface area contributed by atoms with Crippen LogP contribution in [0.5, 0.6) is 0 Å². The lowest BCUT2D eigenvalue weighted by Gasteiger charge is -2.36. The van der Waals surface area contributed by atoms with Gasteiger partial charge in [0.15, 0.2) is 0 Å². The van der Waals surface area contributed by atoms with Gasteiger partial charge in [-0.2, -0.15) is 13.2 Å². The van der Waals surface area contributed by atoms with E-state index in [1.54, 1.807) is 0 Å². The highest BCUT2D eigenvalue weighted by molar-refractivity contribution is 5.26. The average Bonchev–Trinajstić information content (AvgIpc) is 2.71. The van der Waals surface area contributed by atoms with Gasteiger partial charge >= 0.3 is 6.18 Å². The highest BCUT2D eigenvalue weighted by Gasteiger charge is 2.89. The molecular weight excluding hydrogens is 226 g/mol. The molecule has 0 amide bonds. The smallest absolute Gasteiger partial charge is 0.369 e. The third-order valence-corrected chi connectivity index (χ3v) is 3.74. The van der Waals surface area contributed by atoms with E-state index in [4.69, 9.17) is 0 Å².